The number of fused-ring (bicyclic) bond motifs is 2. The number of rotatable bonds is 7. The van der Waals surface area contributed by atoms with E-state index in [0.717, 1.165) is 31.2 Å². The van der Waals surface area contributed by atoms with E-state index in [1.54, 1.807) is 14.2 Å². The van der Waals surface area contributed by atoms with Crippen LogP contribution >= 0.6 is 0 Å². The molecule has 19 heavy (non-hydrogen) atoms. The molecule has 0 amide bonds. The number of hydrogen-bond acceptors (Lipinski definition) is 4. The lowest BCUT2D eigenvalue weighted by Gasteiger charge is -2.50. The summed E-state index contributed by atoms with van der Waals surface area (Å²) in [6, 6.07) is 2.21. The second kappa shape index (κ2) is 7.58. The maximum absolute atomic E-state index is 5.55. The van der Waals surface area contributed by atoms with Gasteiger partial charge in [0.25, 0.3) is 0 Å². The molecule has 0 radical (unpaired) electrons. The fourth-order valence-corrected chi connectivity index (χ4v) is 3.85. The van der Waals surface area contributed by atoms with Crippen molar-refractivity contribution in [2.45, 2.75) is 63.3 Å². The average molecular weight is 270 g/mol. The Morgan fingerprint density at radius 2 is 1.89 bits per heavy atom. The predicted molar refractivity (Wildman–Crippen MR) is 77.5 cm³/mol. The van der Waals surface area contributed by atoms with Gasteiger partial charge in [0, 0.05) is 38.9 Å². The minimum absolute atomic E-state index is 0.212. The molecular formula is C15H30N2O2. The number of ether oxygens (including phenoxy) is 2. The van der Waals surface area contributed by atoms with Crippen molar-refractivity contribution in [3.63, 3.8) is 0 Å². The smallest absolute Gasteiger partial charge is 0.0931 e. The van der Waals surface area contributed by atoms with E-state index in [1.165, 1.54) is 32.1 Å². The summed E-state index contributed by atoms with van der Waals surface area (Å²) in [5.74, 6) is 0. The highest BCUT2D eigenvalue weighted by atomic mass is 16.5. The van der Waals surface area contributed by atoms with Gasteiger partial charge in [-0.15, -0.1) is 0 Å². The van der Waals surface area contributed by atoms with Crippen LogP contribution in [0.1, 0.15) is 39.0 Å². The van der Waals surface area contributed by atoms with E-state index < -0.39 is 0 Å². The third kappa shape index (κ3) is 3.91. The second-order valence-corrected chi connectivity index (χ2v) is 5.97. The van der Waals surface area contributed by atoms with Crippen molar-refractivity contribution < 1.29 is 9.47 Å². The van der Waals surface area contributed by atoms with Gasteiger partial charge in [0.15, 0.2) is 0 Å². The highest BCUT2D eigenvalue weighted by Crippen LogP contribution is 2.34. The van der Waals surface area contributed by atoms with Crippen LogP contribution in [0.5, 0.6) is 0 Å². The molecule has 112 valence electrons. The fourth-order valence-electron chi connectivity index (χ4n) is 3.85. The normalized spacial score (nSPS) is 33.3. The second-order valence-electron chi connectivity index (χ2n) is 5.97. The molecular weight excluding hydrogens is 240 g/mol. The zero-order valence-electron chi connectivity index (χ0n) is 12.7. The van der Waals surface area contributed by atoms with Gasteiger partial charge < -0.3 is 14.8 Å². The van der Waals surface area contributed by atoms with Gasteiger partial charge in [0.05, 0.1) is 12.7 Å². The van der Waals surface area contributed by atoms with Crippen LogP contribution in [0.3, 0.4) is 0 Å². The van der Waals surface area contributed by atoms with Crippen LogP contribution in [0.2, 0.25) is 0 Å². The molecule has 0 aromatic heterocycles. The van der Waals surface area contributed by atoms with Crippen LogP contribution in [0.25, 0.3) is 0 Å². The van der Waals surface area contributed by atoms with Crippen molar-refractivity contribution in [2.24, 2.45) is 0 Å². The van der Waals surface area contributed by atoms with Crippen LogP contribution in [0.15, 0.2) is 0 Å². The first-order valence-electron chi connectivity index (χ1n) is 7.79. The summed E-state index contributed by atoms with van der Waals surface area (Å²) in [6.45, 7) is 5.03. The van der Waals surface area contributed by atoms with E-state index in [2.05, 4.69) is 17.1 Å². The zero-order chi connectivity index (χ0) is 13.7. The van der Waals surface area contributed by atoms with Gasteiger partial charge in [-0.2, -0.15) is 0 Å². The molecule has 2 aliphatic heterocycles. The molecule has 2 heterocycles. The molecule has 0 aliphatic carbocycles. The predicted octanol–water partition coefficient (Wildman–Crippen LogP) is 1.64. The Labute approximate surface area is 117 Å². The van der Waals surface area contributed by atoms with Gasteiger partial charge in [-0.1, -0.05) is 13.3 Å². The topological polar surface area (TPSA) is 33.7 Å². The molecule has 2 rings (SSSR count). The van der Waals surface area contributed by atoms with Crippen molar-refractivity contribution in [1.29, 1.82) is 0 Å². The lowest BCUT2D eigenvalue weighted by molar-refractivity contribution is -0.0439. The van der Waals surface area contributed by atoms with E-state index in [4.69, 9.17) is 9.47 Å². The molecule has 4 heteroatoms. The van der Waals surface area contributed by atoms with E-state index in [-0.39, 0.29) is 6.10 Å². The first-order chi connectivity index (χ1) is 9.28. The Morgan fingerprint density at radius 3 is 2.42 bits per heavy atom. The summed E-state index contributed by atoms with van der Waals surface area (Å²) in [7, 11) is 3.55. The summed E-state index contributed by atoms with van der Waals surface area (Å²) < 4.78 is 10.8. The number of piperidine rings is 2. The molecule has 0 aromatic rings. The first kappa shape index (κ1) is 15.2. The Morgan fingerprint density at radius 1 is 1.21 bits per heavy atom. The summed E-state index contributed by atoms with van der Waals surface area (Å²) in [4.78, 5) is 2.70. The molecule has 1 N–H and O–H groups in total. The van der Waals surface area contributed by atoms with Crippen LogP contribution in [-0.4, -0.2) is 63.0 Å². The van der Waals surface area contributed by atoms with E-state index in [1.807, 2.05) is 0 Å². The van der Waals surface area contributed by atoms with Gasteiger partial charge in [-0.25, -0.2) is 0 Å². The van der Waals surface area contributed by atoms with Crippen LogP contribution in [-0.2, 0) is 9.47 Å². The van der Waals surface area contributed by atoms with E-state index in [0.29, 0.717) is 6.61 Å². The fraction of sp³-hybridized carbons (Fsp3) is 1.00. The lowest BCUT2D eigenvalue weighted by Crippen LogP contribution is -2.58. The highest BCUT2D eigenvalue weighted by molar-refractivity contribution is 4.95. The monoisotopic (exact) mass is 270 g/mol. The van der Waals surface area contributed by atoms with Crippen molar-refractivity contribution >= 4 is 0 Å². The largest absolute Gasteiger partial charge is 0.382 e. The van der Waals surface area contributed by atoms with E-state index >= 15 is 0 Å². The first-order valence-corrected chi connectivity index (χ1v) is 7.79. The van der Waals surface area contributed by atoms with Crippen LogP contribution in [0.4, 0.5) is 0 Å². The van der Waals surface area contributed by atoms with Gasteiger partial charge in [0.2, 0.25) is 0 Å². The number of hydrogen-bond donors (Lipinski definition) is 1. The lowest BCUT2D eigenvalue weighted by atomic mass is 9.81. The summed E-state index contributed by atoms with van der Waals surface area (Å²) in [6.07, 6.45) is 6.90. The van der Waals surface area contributed by atoms with Gasteiger partial charge in [-0.05, 0) is 32.2 Å². The average Bonchev–Trinajstić information content (AvgIpc) is 2.39. The molecule has 2 saturated heterocycles. The van der Waals surface area contributed by atoms with Gasteiger partial charge >= 0.3 is 0 Å². The minimum atomic E-state index is 0.212. The van der Waals surface area contributed by atoms with Gasteiger partial charge in [-0.3, -0.25) is 4.90 Å². The van der Waals surface area contributed by atoms with Gasteiger partial charge in [0.1, 0.15) is 0 Å². The summed E-state index contributed by atoms with van der Waals surface area (Å²) >= 11 is 0. The molecule has 3 unspecified atom stereocenters. The molecule has 0 spiro atoms. The summed E-state index contributed by atoms with van der Waals surface area (Å²) in [5.41, 5.74) is 0. The molecule has 2 aliphatic rings. The molecule has 4 nitrogen and oxygen atoms in total. The standard InChI is InChI=1S/C15H30N2O2/c1-4-16-12-8-13-6-5-7-14(9-12)17(13)10-15(19-3)11-18-2/h12-16H,4-11H2,1-3H3. The van der Waals surface area contributed by atoms with Crippen molar-refractivity contribution in [3.05, 3.63) is 0 Å². The van der Waals surface area contributed by atoms with Crippen LogP contribution in [0, 0.1) is 0 Å². The number of nitrogens with zero attached hydrogens (tertiary/aromatic N) is 1. The quantitative estimate of drug-likeness (QED) is 0.762. The highest BCUT2D eigenvalue weighted by Gasteiger charge is 2.38. The SMILES string of the molecule is CCNC1CC2CCCC(C1)N2CC(COC)OC. The maximum atomic E-state index is 5.55. The summed E-state index contributed by atoms with van der Waals surface area (Å²) in [5, 5.41) is 3.64. The third-order valence-electron chi connectivity index (χ3n) is 4.72. The molecule has 3 atom stereocenters. The Kier molecular flexibility index (Phi) is 6.07. The molecule has 0 saturated carbocycles. The van der Waals surface area contributed by atoms with Crippen molar-refractivity contribution in [2.75, 3.05) is 33.9 Å². The molecule has 0 aromatic carbocycles. The minimum Gasteiger partial charge on any atom is -0.382 e. The number of nitrogens with one attached hydrogen (secondary N) is 1. The Balaban J connectivity index is 1.93. The molecule has 2 fully saturated rings. The third-order valence-corrected chi connectivity index (χ3v) is 4.72. The van der Waals surface area contributed by atoms with Crippen molar-refractivity contribution in [3.8, 4) is 0 Å². The van der Waals surface area contributed by atoms with E-state index in [9.17, 15) is 0 Å². The Bertz CT molecular complexity index is 249. The maximum Gasteiger partial charge on any atom is 0.0931 e. The Hall–Kier alpha value is -0.160. The molecule has 2 bridgehead atoms. The zero-order valence-corrected chi connectivity index (χ0v) is 12.7. The number of methoxy groups -OCH3 is 2. The van der Waals surface area contributed by atoms with Crippen molar-refractivity contribution in [1.82, 2.24) is 10.2 Å². The van der Waals surface area contributed by atoms with Crippen LogP contribution < -0.4 is 5.32 Å².